The fourth-order valence-electron chi connectivity index (χ4n) is 3.88. The van der Waals surface area contributed by atoms with E-state index in [4.69, 9.17) is 9.26 Å². The molecule has 0 bridgehead atoms. The van der Waals surface area contributed by atoms with Crippen molar-refractivity contribution in [2.45, 2.75) is 58.2 Å². The van der Waals surface area contributed by atoms with Crippen LogP contribution in [0.4, 0.5) is 0 Å². The summed E-state index contributed by atoms with van der Waals surface area (Å²) in [4.78, 5) is 2.10. The van der Waals surface area contributed by atoms with Gasteiger partial charge in [-0.1, -0.05) is 19.0 Å². The van der Waals surface area contributed by atoms with Crippen LogP contribution in [0.15, 0.2) is 10.6 Å². The number of hydrogen-bond donors (Lipinski definition) is 1. The molecule has 0 amide bonds. The van der Waals surface area contributed by atoms with E-state index in [9.17, 15) is 0 Å². The number of ether oxygens (including phenoxy) is 1. The monoisotopic (exact) mass is 321 g/mol. The van der Waals surface area contributed by atoms with Crippen LogP contribution in [-0.4, -0.2) is 49.4 Å². The molecule has 1 aliphatic heterocycles. The Hall–Kier alpha value is -0.910. The first-order valence-corrected chi connectivity index (χ1v) is 8.88. The van der Waals surface area contributed by atoms with Gasteiger partial charge in [0.1, 0.15) is 0 Å². The predicted octanol–water partition coefficient (Wildman–Crippen LogP) is 2.46. The molecule has 2 unspecified atom stereocenters. The Morgan fingerprint density at radius 3 is 2.70 bits per heavy atom. The zero-order valence-electron chi connectivity index (χ0n) is 15.0. The second-order valence-corrected chi connectivity index (χ2v) is 8.09. The molecule has 0 spiro atoms. The highest BCUT2D eigenvalue weighted by Crippen LogP contribution is 2.48. The molecule has 5 nitrogen and oxygen atoms in total. The van der Waals surface area contributed by atoms with Gasteiger partial charge in [0.15, 0.2) is 5.76 Å². The first kappa shape index (κ1) is 16.9. The predicted molar refractivity (Wildman–Crippen MR) is 90.3 cm³/mol. The number of nitrogens with zero attached hydrogens (tertiary/aromatic N) is 2. The van der Waals surface area contributed by atoms with Crippen molar-refractivity contribution < 1.29 is 9.26 Å². The molecular weight excluding hydrogens is 290 g/mol. The van der Waals surface area contributed by atoms with Crippen LogP contribution in [0.5, 0.6) is 0 Å². The van der Waals surface area contributed by atoms with E-state index in [0.29, 0.717) is 23.4 Å². The van der Waals surface area contributed by atoms with Gasteiger partial charge in [-0.3, -0.25) is 0 Å². The van der Waals surface area contributed by atoms with Crippen molar-refractivity contribution in [3.63, 3.8) is 0 Å². The summed E-state index contributed by atoms with van der Waals surface area (Å²) in [6.07, 6.45) is 4.55. The molecule has 5 heteroatoms. The first-order valence-electron chi connectivity index (χ1n) is 8.88. The van der Waals surface area contributed by atoms with Crippen LogP contribution in [0.25, 0.3) is 0 Å². The molecule has 3 rings (SSSR count). The molecule has 0 aromatic carbocycles. The van der Waals surface area contributed by atoms with E-state index in [-0.39, 0.29) is 0 Å². The number of hydrogen-bond acceptors (Lipinski definition) is 5. The van der Waals surface area contributed by atoms with Gasteiger partial charge in [-0.05, 0) is 51.1 Å². The van der Waals surface area contributed by atoms with Crippen LogP contribution in [0.3, 0.4) is 0 Å². The highest BCUT2D eigenvalue weighted by atomic mass is 16.5. The Bertz CT molecular complexity index is 506. The maximum absolute atomic E-state index is 5.45. The summed E-state index contributed by atoms with van der Waals surface area (Å²) in [5.74, 6) is 1.64. The molecule has 2 atom stereocenters. The third kappa shape index (κ3) is 3.95. The molecule has 2 aliphatic rings. The first-order chi connectivity index (χ1) is 10.9. The summed E-state index contributed by atoms with van der Waals surface area (Å²) in [5.41, 5.74) is 1.42. The highest BCUT2D eigenvalue weighted by molar-refractivity contribution is 5.11. The summed E-state index contributed by atoms with van der Waals surface area (Å²) in [6.45, 7) is 7.40. The molecule has 1 aromatic heterocycles. The smallest absolute Gasteiger partial charge is 0.150 e. The second-order valence-electron chi connectivity index (χ2n) is 8.09. The van der Waals surface area contributed by atoms with E-state index < -0.39 is 0 Å². The quantitative estimate of drug-likeness (QED) is 0.872. The van der Waals surface area contributed by atoms with Gasteiger partial charge in [-0.15, -0.1) is 0 Å². The summed E-state index contributed by atoms with van der Waals surface area (Å²) >= 11 is 0. The second kappa shape index (κ2) is 6.91. The van der Waals surface area contributed by atoms with Gasteiger partial charge in [-0.2, -0.15) is 0 Å². The van der Waals surface area contributed by atoms with E-state index in [1.807, 2.05) is 14.1 Å². The normalized spacial score (nSPS) is 28.0. The lowest BCUT2D eigenvalue weighted by Crippen LogP contribution is -2.60. The third-order valence-electron chi connectivity index (χ3n) is 5.66. The largest absolute Gasteiger partial charge is 0.381 e. The molecule has 1 aliphatic carbocycles. The summed E-state index contributed by atoms with van der Waals surface area (Å²) in [6, 6.07) is 3.37. The molecule has 1 saturated carbocycles. The highest BCUT2D eigenvalue weighted by Gasteiger charge is 2.48. The van der Waals surface area contributed by atoms with E-state index in [1.54, 1.807) is 0 Å². The van der Waals surface area contributed by atoms with Gasteiger partial charge in [-0.25, -0.2) is 0 Å². The molecule has 23 heavy (non-hydrogen) atoms. The van der Waals surface area contributed by atoms with Gasteiger partial charge in [0.2, 0.25) is 0 Å². The zero-order chi connectivity index (χ0) is 16.4. The average Bonchev–Trinajstić information content (AvgIpc) is 2.94. The molecule has 2 fully saturated rings. The SMILES string of the molecule is CN(C)Cc1cc(CC2CC(NC3CCOCC3)C2(C)C)no1. The minimum atomic E-state index is 0.318. The van der Waals surface area contributed by atoms with Crippen molar-refractivity contribution >= 4 is 0 Å². The average molecular weight is 321 g/mol. The van der Waals surface area contributed by atoms with Gasteiger partial charge < -0.3 is 19.5 Å². The van der Waals surface area contributed by atoms with Crippen LogP contribution in [0.2, 0.25) is 0 Å². The molecular formula is C18H31N3O2. The van der Waals surface area contributed by atoms with Crippen LogP contribution < -0.4 is 5.32 Å². The van der Waals surface area contributed by atoms with Gasteiger partial charge >= 0.3 is 0 Å². The van der Waals surface area contributed by atoms with Crippen molar-refractivity contribution in [2.24, 2.45) is 11.3 Å². The van der Waals surface area contributed by atoms with Crippen LogP contribution in [-0.2, 0) is 17.7 Å². The molecule has 1 aromatic rings. The van der Waals surface area contributed by atoms with Gasteiger partial charge in [0.05, 0.1) is 12.2 Å². The summed E-state index contributed by atoms with van der Waals surface area (Å²) < 4.78 is 10.9. The van der Waals surface area contributed by atoms with Crippen molar-refractivity contribution in [1.82, 2.24) is 15.4 Å². The minimum absolute atomic E-state index is 0.318. The Labute approximate surface area is 139 Å². The Morgan fingerprint density at radius 1 is 1.30 bits per heavy atom. The fraction of sp³-hybridized carbons (Fsp3) is 0.833. The van der Waals surface area contributed by atoms with Crippen LogP contribution in [0, 0.1) is 11.3 Å². The molecule has 130 valence electrons. The third-order valence-corrected chi connectivity index (χ3v) is 5.66. The lowest BCUT2D eigenvalue weighted by Gasteiger charge is -2.54. The lowest BCUT2D eigenvalue weighted by atomic mass is 9.57. The van der Waals surface area contributed by atoms with E-state index in [1.165, 1.54) is 6.42 Å². The van der Waals surface area contributed by atoms with Gasteiger partial charge in [0, 0.05) is 31.4 Å². The zero-order valence-corrected chi connectivity index (χ0v) is 15.0. The maximum atomic E-state index is 5.45. The minimum Gasteiger partial charge on any atom is -0.381 e. The Morgan fingerprint density at radius 2 is 2.04 bits per heavy atom. The molecule has 1 N–H and O–H groups in total. The van der Waals surface area contributed by atoms with Crippen molar-refractivity contribution in [3.8, 4) is 0 Å². The topological polar surface area (TPSA) is 50.5 Å². The Balaban J connectivity index is 1.51. The summed E-state index contributed by atoms with van der Waals surface area (Å²) in [7, 11) is 4.09. The van der Waals surface area contributed by atoms with Crippen molar-refractivity contribution in [3.05, 3.63) is 17.5 Å². The molecule has 2 heterocycles. The fourth-order valence-corrected chi connectivity index (χ4v) is 3.88. The summed E-state index contributed by atoms with van der Waals surface area (Å²) in [5, 5.41) is 8.12. The number of nitrogens with one attached hydrogen (secondary N) is 1. The van der Waals surface area contributed by atoms with Crippen LogP contribution >= 0.6 is 0 Å². The van der Waals surface area contributed by atoms with Crippen molar-refractivity contribution in [2.75, 3.05) is 27.3 Å². The van der Waals surface area contributed by atoms with E-state index >= 15 is 0 Å². The molecule has 1 saturated heterocycles. The Kier molecular flexibility index (Phi) is 5.09. The van der Waals surface area contributed by atoms with E-state index in [2.05, 4.69) is 35.3 Å². The van der Waals surface area contributed by atoms with Gasteiger partial charge in [0.25, 0.3) is 0 Å². The maximum Gasteiger partial charge on any atom is 0.150 e. The van der Waals surface area contributed by atoms with Crippen molar-refractivity contribution in [1.29, 1.82) is 0 Å². The standard InChI is InChI=1S/C18H31N3O2/c1-18(2)13(9-15-11-16(23-20-15)12-21(3)4)10-17(18)19-14-5-7-22-8-6-14/h11,13-14,17,19H,5-10,12H2,1-4H3. The number of rotatable bonds is 6. The number of aromatic nitrogens is 1. The molecule has 0 radical (unpaired) electrons. The van der Waals surface area contributed by atoms with E-state index in [0.717, 1.165) is 50.5 Å². The van der Waals surface area contributed by atoms with Crippen LogP contribution in [0.1, 0.15) is 44.6 Å². The lowest BCUT2D eigenvalue weighted by molar-refractivity contribution is -0.00757.